The van der Waals surface area contributed by atoms with Gasteiger partial charge in [0.25, 0.3) is 10.0 Å². The zero-order valence-electron chi connectivity index (χ0n) is 17.1. The standard InChI is InChI=1S/C18H23N5O5S2/c1-5-6-23-10-12-7-11(2)8-13(16(12)29-23)30(25,26)22-18(24)21-17-19-14(27-3)9-15(20-17)28-4/h7-9H,5-6,10H2,1-4H3,(H2,19,20,21,22,24). The third-order valence-electron chi connectivity index (χ3n) is 4.16. The summed E-state index contributed by atoms with van der Waals surface area (Å²) in [5, 5.41) is 2.30. The van der Waals surface area contributed by atoms with Gasteiger partial charge in [0.05, 0.1) is 20.3 Å². The van der Waals surface area contributed by atoms with E-state index in [1.54, 1.807) is 6.07 Å². The first-order valence-corrected chi connectivity index (χ1v) is 11.4. The molecule has 0 radical (unpaired) electrons. The smallest absolute Gasteiger partial charge is 0.335 e. The largest absolute Gasteiger partial charge is 0.481 e. The molecule has 12 heteroatoms. The zero-order chi connectivity index (χ0) is 21.9. The van der Waals surface area contributed by atoms with Gasteiger partial charge in [0, 0.05) is 18.0 Å². The summed E-state index contributed by atoms with van der Waals surface area (Å²) in [6.45, 7) is 5.37. The number of ether oxygens (including phenoxy) is 2. The predicted octanol–water partition coefficient (Wildman–Crippen LogP) is 2.55. The zero-order valence-corrected chi connectivity index (χ0v) is 18.7. The van der Waals surface area contributed by atoms with E-state index in [1.165, 1.54) is 32.2 Å². The Morgan fingerprint density at radius 2 is 1.87 bits per heavy atom. The Balaban J connectivity index is 1.82. The molecule has 0 fully saturated rings. The molecule has 3 rings (SSSR count). The van der Waals surface area contributed by atoms with Crippen molar-refractivity contribution in [1.82, 2.24) is 19.0 Å². The summed E-state index contributed by atoms with van der Waals surface area (Å²) in [4.78, 5) is 21.0. The van der Waals surface area contributed by atoms with E-state index in [2.05, 4.69) is 26.5 Å². The van der Waals surface area contributed by atoms with E-state index in [4.69, 9.17) is 9.47 Å². The van der Waals surface area contributed by atoms with Crippen LogP contribution in [0.2, 0.25) is 0 Å². The lowest BCUT2D eigenvalue weighted by Crippen LogP contribution is -2.35. The Hall–Kier alpha value is -2.57. The second kappa shape index (κ2) is 9.06. The Kier molecular flexibility index (Phi) is 6.68. The monoisotopic (exact) mass is 453 g/mol. The number of amides is 2. The van der Waals surface area contributed by atoms with Gasteiger partial charge in [-0.25, -0.2) is 22.2 Å². The van der Waals surface area contributed by atoms with Crippen molar-refractivity contribution in [3.8, 4) is 11.8 Å². The molecule has 1 aliphatic rings. The minimum Gasteiger partial charge on any atom is -0.481 e. The van der Waals surface area contributed by atoms with Crippen molar-refractivity contribution in [1.29, 1.82) is 0 Å². The van der Waals surface area contributed by atoms with Gasteiger partial charge >= 0.3 is 6.03 Å². The van der Waals surface area contributed by atoms with Gasteiger partial charge in [0.2, 0.25) is 17.7 Å². The van der Waals surface area contributed by atoms with Crippen molar-refractivity contribution >= 4 is 34.0 Å². The second-order valence-corrected chi connectivity index (χ2v) is 9.30. The summed E-state index contributed by atoms with van der Waals surface area (Å²) < 4.78 is 40.1. The molecule has 1 aromatic heterocycles. The first kappa shape index (κ1) is 22.1. The molecule has 10 nitrogen and oxygen atoms in total. The highest BCUT2D eigenvalue weighted by molar-refractivity contribution is 7.98. The van der Waals surface area contributed by atoms with E-state index >= 15 is 0 Å². The average Bonchev–Trinajstić information content (AvgIpc) is 3.08. The number of methoxy groups -OCH3 is 2. The number of fused-ring (bicyclic) bond motifs is 1. The van der Waals surface area contributed by atoms with Gasteiger partial charge in [-0.1, -0.05) is 13.0 Å². The lowest BCUT2D eigenvalue weighted by molar-refractivity contribution is 0.256. The molecule has 162 valence electrons. The average molecular weight is 454 g/mol. The number of carbonyl (C=O) groups is 1. The van der Waals surface area contributed by atoms with Crippen LogP contribution in [-0.2, 0) is 16.6 Å². The fourth-order valence-electron chi connectivity index (χ4n) is 2.93. The summed E-state index contributed by atoms with van der Waals surface area (Å²) in [6.07, 6.45) is 0.951. The van der Waals surface area contributed by atoms with E-state index in [0.717, 1.165) is 24.1 Å². The van der Waals surface area contributed by atoms with Crippen LogP contribution in [0.25, 0.3) is 0 Å². The van der Waals surface area contributed by atoms with E-state index in [-0.39, 0.29) is 22.6 Å². The minimum absolute atomic E-state index is 0.0698. The van der Waals surface area contributed by atoms with Gasteiger partial charge in [-0.05, 0) is 42.5 Å². The molecule has 2 N–H and O–H groups in total. The van der Waals surface area contributed by atoms with E-state index < -0.39 is 16.1 Å². The molecule has 0 spiro atoms. The number of hydrogen-bond acceptors (Lipinski definition) is 9. The number of anilines is 1. The SMILES string of the molecule is CCCN1Cc2cc(C)cc(S(=O)(=O)NC(=O)Nc3nc(OC)cc(OC)n3)c2S1. The third kappa shape index (κ3) is 4.94. The molecule has 0 unspecified atom stereocenters. The summed E-state index contributed by atoms with van der Waals surface area (Å²) >= 11 is 1.39. The number of nitrogens with zero attached hydrogens (tertiary/aromatic N) is 3. The summed E-state index contributed by atoms with van der Waals surface area (Å²) in [7, 11) is -1.33. The summed E-state index contributed by atoms with van der Waals surface area (Å²) in [5.74, 6) is 0.157. The normalized spacial score (nSPS) is 13.6. The van der Waals surface area contributed by atoms with Crippen molar-refractivity contribution in [3.05, 3.63) is 29.3 Å². The van der Waals surface area contributed by atoms with Crippen LogP contribution >= 0.6 is 11.9 Å². The molecule has 1 aromatic carbocycles. The van der Waals surface area contributed by atoms with Crippen LogP contribution in [0.5, 0.6) is 11.8 Å². The molecule has 1 aliphatic heterocycles. The number of hydrogen-bond donors (Lipinski definition) is 2. The molecule has 0 saturated carbocycles. The fourth-order valence-corrected chi connectivity index (χ4v) is 5.62. The number of rotatable bonds is 7. The van der Waals surface area contributed by atoms with Crippen molar-refractivity contribution < 1.29 is 22.7 Å². The summed E-state index contributed by atoms with van der Waals surface area (Å²) in [6, 6.07) is 3.96. The van der Waals surface area contributed by atoms with Crippen LogP contribution in [0.15, 0.2) is 28.0 Å². The van der Waals surface area contributed by atoms with Crippen LogP contribution in [0.4, 0.5) is 10.7 Å². The van der Waals surface area contributed by atoms with Gasteiger partial charge in [0.1, 0.15) is 4.90 Å². The molecule has 0 atom stereocenters. The minimum atomic E-state index is -4.12. The molecule has 30 heavy (non-hydrogen) atoms. The quantitative estimate of drug-likeness (QED) is 0.609. The number of aromatic nitrogens is 2. The second-order valence-electron chi connectivity index (χ2n) is 6.54. The fraction of sp³-hybridized carbons (Fsp3) is 0.389. The Morgan fingerprint density at radius 3 is 2.47 bits per heavy atom. The van der Waals surface area contributed by atoms with E-state index in [9.17, 15) is 13.2 Å². The molecule has 0 bridgehead atoms. The summed E-state index contributed by atoms with van der Waals surface area (Å²) in [5.41, 5.74) is 1.73. The molecule has 0 saturated heterocycles. The van der Waals surface area contributed by atoms with Gasteiger partial charge < -0.3 is 9.47 Å². The number of nitrogens with one attached hydrogen (secondary N) is 2. The van der Waals surface area contributed by atoms with Gasteiger partial charge in [-0.2, -0.15) is 9.97 Å². The Labute approximate surface area is 179 Å². The molecule has 2 aromatic rings. The number of urea groups is 1. The third-order valence-corrected chi connectivity index (χ3v) is 6.87. The number of carbonyl (C=O) groups excluding carboxylic acids is 1. The molecule has 2 heterocycles. The van der Waals surface area contributed by atoms with Gasteiger partial charge in [0.15, 0.2) is 0 Å². The maximum Gasteiger partial charge on any atom is 0.335 e. The molecular formula is C18H23N5O5S2. The highest BCUT2D eigenvalue weighted by atomic mass is 32.2. The maximum atomic E-state index is 13.0. The highest BCUT2D eigenvalue weighted by Gasteiger charge is 2.30. The van der Waals surface area contributed by atoms with Crippen LogP contribution in [0.1, 0.15) is 24.5 Å². The van der Waals surface area contributed by atoms with Crippen molar-refractivity contribution in [2.75, 3.05) is 26.1 Å². The first-order valence-electron chi connectivity index (χ1n) is 9.13. The molecular weight excluding hydrogens is 430 g/mol. The number of benzene rings is 1. The first-order chi connectivity index (χ1) is 14.2. The van der Waals surface area contributed by atoms with Gasteiger partial charge in [-0.3, -0.25) is 5.32 Å². The number of sulfonamides is 1. The number of aryl methyl sites for hydroxylation is 1. The van der Waals surface area contributed by atoms with Crippen molar-refractivity contribution in [2.45, 2.75) is 36.6 Å². The van der Waals surface area contributed by atoms with Crippen LogP contribution < -0.4 is 19.5 Å². The predicted molar refractivity (Wildman–Crippen MR) is 112 cm³/mol. The highest BCUT2D eigenvalue weighted by Crippen LogP contribution is 2.40. The molecule has 0 aliphatic carbocycles. The van der Waals surface area contributed by atoms with Crippen molar-refractivity contribution in [3.63, 3.8) is 0 Å². The Morgan fingerprint density at radius 1 is 1.20 bits per heavy atom. The lowest BCUT2D eigenvalue weighted by atomic mass is 10.1. The van der Waals surface area contributed by atoms with E-state index in [1.807, 2.05) is 17.7 Å². The maximum absolute atomic E-state index is 13.0. The van der Waals surface area contributed by atoms with Crippen LogP contribution in [-0.4, -0.2) is 49.5 Å². The lowest BCUT2D eigenvalue weighted by Gasteiger charge is -2.13. The van der Waals surface area contributed by atoms with Gasteiger partial charge in [-0.15, -0.1) is 0 Å². The Bertz CT molecular complexity index is 1040. The van der Waals surface area contributed by atoms with Crippen molar-refractivity contribution in [2.24, 2.45) is 0 Å². The van der Waals surface area contributed by atoms with Crippen LogP contribution in [0.3, 0.4) is 0 Å². The molecule has 2 amide bonds. The van der Waals surface area contributed by atoms with E-state index in [0.29, 0.717) is 11.4 Å². The van der Waals surface area contributed by atoms with Crippen LogP contribution in [0, 0.1) is 6.92 Å². The topological polar surface area (TPSA) is 123 Å².